The van der Waals surface area contributed by atoms with Crippen molar-refractivity contribution in [3.05, 3.63) is 22.4 Å². The second-order valence-electron chi connectivity index (χ2n) is 4.61. The van der Waals surface area contributed by atoms with Crippen LogP contribution in [0.15, 0.2) is 11.3 Å². The molecule has 0 radical (unpaired) electrons. The van der Waals surface area contributed by atoms with Gasteiger partial charge in [-0.25, -0.2) is 4.79 Å². The van der Waals surface area contributed by atoms with Crippen molar-refractivity contribution in [2.75, 3.05) is 26.6 Å². The Hall–Kier alpha value is -3.90. The number of nitrogens with zero attached hydrogens (tertiary/aromatic N) is 3. The van der Waals surface area contributed by atoms with Crippen LogP contribution in [0.2, 0.25) is 0 Å². The molecule has 25 heavy (non-hydrogen) atoms. The first-order valence-electron chi connectivity index (χ1n) is 6.81. The van der Waals surface area contributed by atoms with Crippen molar-refractivity contribution < 1.29 is 23.7 Å². The maximum atomic E-state index is 12.2. The van der Waals surface area contributed by atoms with Gasteiger partial charge in [-0.15, -0.1) is 0 Å². The molecule has 0 aromatic heterocycles. The molecule has 0 spiro atoms. The first kappa shape index (κ1) is 17.5. The maximum Gasteiger partial charge on any atom is 0.341 e. The fraction of sp³-hybridized carbons (Fsp3) is 0.250. The van der Waals surface area contributed by atoms with E-state index >= 15 is 0 Å². The number of hydrogen-bond donors (Lipinski definition) is 1. The van der Waals surface area contributed by atoms with E-state index < -0.39 is 11.5 Å². The minimum absolute atomic E-state index is 0.0530. The summed E-state index contributed by atoms with van der Waals surface area (Å²) in [5.74, 6) is -0.157. The molecule has 1 aliphatic rings. The largest absolute Gasteiger partial charge is 0.492 e. The Kier molecular flexibility index (Phi) is 4.97. The number of rotatable bonds is 5. The zero-order valence-electron chi connectivity index (χ0n) is 13.6. The lowest BCUT2D eigenvalue weighted by atomic mass is 10.0. The number of fused-ring (bicyclic) bond motifs is 1. The summed E-state index contributed by atoms with van der Waals surface area (Å²) in [4.78, 5) is 12.2. The number of nitriles is 3. The number of allylic oxidation sites excluding steroid dienone is 2. The second-order valence-corrected chi connectivity index (χ2v) is 4.61. The Labute approximate surface area is 143 Å². The van der Waals surface area contributed by atoms with Crippen LogP contribution >= 0.6 is 0 Å². The Balaban J connectivity index is 2.83. The quantitative estimate of drug-likeness (QED) is 0.625. The smallest absolute Gasteiger partial charge is 0.341 e. The summed E-state index contributed by atoms with van der Waals surface area (Å²) in [6.07, 6.45) is 0. The predicted molar refractivity (Wildman–Crippen MR) is 82.7 cm³/mol. The van der Waals surface area contributed by atoms with Gasteiger partial charge in [0, 0.05) is 0 Å². The standard InChI is InChI=1S/C16H12N4O5/c1-22-13-9-7-25-16(21)11(9)12(14(23-2)15(13)24-3)20-10(6-19)8(4-17)5-18/h20H,7H2,1-3H3. The molecule has 9 nitrogen and oxygen atoms in total. The van der Waals surface area contributed by atoms with E-state index in [2.05, 4.69) is 5.32 Å². The van der Waals surface area contributed by atoms with Crippen molar-refractivity contribution in [3.63, 3.8) is 0 Å². The number of cyclic esters (lactones) is 1. The van der Waals surface area contributed by atoms with Crippen LogP contribution in [-0.4, -0.2) is 27.3 Å². The molecule has 126 valence electrons. The minimum atomic E-state index is -0.662. The number of nitrogens with one attached hydrogen (secondary N) is 1. The van der Waals surface area contributed by atoms with Crippen molar-refractivity contribution in [3.8, 4) is 35.5 Å². The summed E-state index contributed by atoms with van der Waals surface area (Å²) in [6, 6.07) is 4.94. The number of ether oxygens (including phenoxy) is 4. The molecule has 9 heteroatoms. The van der Waals surface area contributed by atoms with Gasteiger partial charge >= 0.3 is 5.97 Å². The van der Waals surface area contributed by atoms with Crippen molar-refractivity contribution in [1.82, 2.24) is 0 Å². The van der Waals surface area contributed by atoms with Gasteiger partial charge in [0.25, 0.3) is 0 Å². The average molecular weight is 340 g/mol. The number of anilines is 1. The summed E-state index contributed by atoms with van der Waals surface area (Å²) in [6.45, 7) is -0.0542. The Morgan fingerprint density at radius 2 is 1.60 bits per heavy atom. The summed E-state index contributed by atoms with van der Waals surface area (Å²) >= 11 is 0. The molecule has 2 rings (SSSR count). The van der Waals surface area contributed by atoms with Gasteiger partial charge in [-0.05, 0) is 0 Å². The summed E-state index contributed by atoms with van der Waals surface area (Å²) in [7, 11) is 4.11. The van der Waals surface area contributed by atoms with Crippen LogP contribution in [0.25, 0.3) is 0 Å². The molecular weight excluding hydrogens is 328 g/mol. The number of esters is 1. The lowest BCUT2D eigenvalue weighted by molar-refractivity contribution is 0.0534. The highest BCUT2D eigenvalue weighted by Gasteiger charge is 2.35. The third-order valence-electron chi connectivity index (χ3n) is 3.46. The van der Waals surface area contributed by atoms with Gasteiger partial charge in [0.1, 0.15) is 36.2 Å². The Morgan fingerprint density at radius 3 is 2.08 bits per heavy atom. The highest BCUT2D eigenvalue weighted by Crippen LogP contribution is 2.50. The third kappa shape index (κ3) is 2.73. The Bertz CT molecular complexity index is 883. The molecule has 0 amide bonds. The topological polar surface area (TPSA) is 137 Å². The molecular formula is C16H12N4O5. The highest BCUT2D eigenvalue weighted by molar-refractivity contribution is 6.03. The fourth-order valence-corrected chi connectivity index (χ4v) is 2.43. The van der Waals surface area contributed by atoms with Crippen LogP contribution in [0.4, 0.5) is 5.69 Å². The van der Waals surface area contributed by atoms with Crippen LogP contribution in [-0.2, 0) is 11.3 Å². The van der Waals surface area contributed by atoms with Gasteiger partial charge in [0.15, 0.2) is 17.1 Å². The molecule has 0 unspecified atom stereocenters. The van der Waals surface area contributed by atoms with E-state index in [9.17, 15) is 10.1 Å². The van der Waals surface area contributed by atoms with Gasteiger partial charge in [-0.1, -0.05) is 0 Å². The fourth-order valence-electron chi connectivity index (χ4n) is 2.43. The number of carbonyl (C=O) groups is 1. The van der Waals surface area contributed by atoms with Crippen LogP contribution in [0.1, 0.15) is 15.9 Å². The van der Waals surface area contributed by atoms with Crippen LogP contribution in [0.3, 0.4) is 0 Å². The van der Waals surface area contributed by atoms with Crippen molar-refractivity contribution >= 4 is 11.7 Å². The molecule has 1 N–H and O–H groups in total. The number of methoxy groups -OCH3 is 3. The van der Waals surface area contributed by atoms with E-state index in [0.29, 0.717) is 5.56 Å². The predicted octanol–water partition coefficient (Wildman–Crippen LogP) is 1.62. The van der Waals surface area contributed by atoms with Crippen LogP contribution in [0, 0.1) is 34.0 Å². The highest BCUT2D eigenvalue weighted by atomic mass is 16.5. The molecule has 1 heterocycles. The molecule has 0 saturated heterocycles. The van der Waals surface area contributed by atoms with Crippen LogP contribution < -0.4 is 19.5 Å². The van der Waals surface area contributed by atoms with E-state index in [-0.39, 0.29) is 40.8 Å². The first-order valence-corrected chi connectivity index (χ1v) is 6.81. The lowest BCUT2D eigenvalue weighted by Gasteiger charge is -2.19. The van der Waals surface area contributed by atoms with Crippen molar-refractivity contribution in [1.29, 1.82) is 15.8 Å². The van der Waals surface area contributed by atoms with Gasteiger partial charge < -0.3 is 24.3 Å². The molecule has 0 bridgehead atoms. The number of carbonyl (C=O) groups excluding carboxylic acids is 1. The van der Waals surface area contributed by atoms with Gasteiger partial charge in [0.2, 0.25) is 5.75 Å². The minimum Gasteiger partial charge on any atom is -0.492 e. The van der Waals surface area contributed by atoms with Gasteiger partial charge in [-0.2, -0.15) is 15.8 Å². The molecule has 1 aromatic rings. The zero-order chi connectivity index (χ0) is 18.6. The van der Waals surface area contributed by atoms with E-state index in [0.717, 1.165) is 0 Å². The molecule has 0 fully saturated rings. The molecule has 0 aliphatic carbocycles. The van der Waals surface area contributed by atoms with E-state index in [1.165, 1.54) is 21.3 Å². The normalized spacial score (nSPS) is 11.1. The molecule has 0 atom stereocenters. The van der Waals surface area contributed by atoms with E-state index in [1.54, 1.807) is 18.2 Å². The summed E-state index contributed by atoms with van der Waals surface area (Å²) < 4.78 is 20.9. The molecule has 1 aromatic carbocycles. The van der Waals surface area contributed by atoms with Gasteiger partial charge in [0.05, 0.1) is 32.5 Å². The Morgan fingerprint density at radius 1 is 1.00 bits per heavy atom. The maximum absolute atomic E-state index is 12.2. The molecule has 1 aliphatic heterocycles. The molecule has 0 saturated carbocycles. The van der Waals surface area contributed by atoms with E-state index in [4.69, 9.17) is 29.5 Å². The summed E-state index contributed by atoms with van der Waals surface area (Å²) in [5, 5.41) is 29.8. The van der Waals surface area contributed by atoms with E-state index in [1.807, 2.05) is 0 Å². The SMILES string of the molecule is COc1c2c(c(NC(C#N)=C(C#N)C#N)c(OC)c1OC)C(=O)OC2. The third-order valence-corrected chi connectivity index (χ3v) is 3.46. The average Bonchev–Trinajstić information content (AvgIpc) is 3.02. The number of hydrogen-bond acceptors (Lipinski definition) is 9. The van der Waals surface area contributed by atoms with Crippen LogP contribution in [0.5, 0.6) is 17.2 Å². The van der Waals surface area contributed by atoms with Crippen molar-refractivity contribution in [2.45, 2.75) is 6.61 Å². The number of benzene rings is 1. The first-order chi connectivity index (χ1) is 12.1. The lowest BCUT2D eigenvalue weighted by Crippen LogP contribution is -2.10. The summed E-state index contributed by atoms with van der Waals surface area (Å²) in [5.41, 5.74) is -0.244. The van der Waals surface area contributed by atoms with Gasteiger partial charge in [-0.3, -0.25) is 0 Å². The second kappa shape index (κ2) is 7.12. The zero-order valence-corrected chi connectivity index (χ0v) is 13.6. The monoisotopic (exact) mass is 340 g/mol. The van der Waals surface area contributed by atoms with Crippen molar-refractivity contribution in [2.24, 2.45) is 0 Å².